The number of non-ortho nitro benzene ring substituents is 1. The number of para-hydroxylation sites is 1. The molecule has 0 saturated heterocycles. The third-order valence-corrected chi connectivity index (χ3v) is 5.02. The Kier molecular flexibility index (Phi) is 4.80. The van der Waals surface area contributed by atoms with Crippen molar-refractivity contribution in [1.29, 1.82) is 0 Å². The Morgan fingerprint density at radius 3 is 2.52 bits per heavy atom. The van der Waals surface area contributed by atoms with Gasteiger partial charge in [-0.2, -0.15) is 4.68 Å². The van der Waals surface area contributed by atoms with E-state index in [4.69, 9.17) is 0 Å². The van der Waals surface area contributed by atoms with Gasteiger partial charge in [-0.3, -0.25) is 10.1 Å². The first-order valence-corrected chi connectivity index (χ1v) is 8.61. The lowest BCUT2D eigenvalue weighted by molar-refractivity contribution is -0.384. The van der Waals surface area contributed by atoms with E-state index >= 15 is 0 Å². The molecule has 0 fully saturated rings. The van der Waals surface area contributed by atoms with Crippen molar-refractivity contribution in [2.45, 2.75) is 31.2 Å². The Labute approximate surface area is 149 Å². The first kappa shape index (κ1) is 17.1. The average Bonchev–Trinajstić information content (AvgIpc) is 3.02. The summed E-state index contributed by atoms with van der Waals surface area (Å²) in [4.78, 5) is 10.6. The van der Waals surface area contributed by atoms with Crippen LogP contribution in [0.3, 0.4) is 0 Å². The third kappa shape index (κ3) is 3.53. The predicted octanol–water partition coefficient (Wildman–Crippen LogP) is 4.04. The fourth-order valence-electron chi connectivity index (χ4n) is 2.65. The molecular formula is C17H17N5O2S. The Morgan fingerprint density at radius 1 is 1.16 bits per heavy atom. The maximum absolute atomic E-state index is 11.0. The van der Waals surface area contributed by atoms with Crippen molar-refractivity contribution in [3.63, 3.8) is 0 Å². The van der Waals surface area contributed by atoms with Gasteiger partial charge in [-0.1, -0.05) is 42.1 Å². The van der Waals surface area contributed by atoms with Crippen LogP contribution in [0.1, 0.15) is 28.9 Å². The minimum absolute atomic E-state index is 0.0334. The molecule has 0 aliphatic heterocycles. The SMILES string of the molecule is Cc1cccc(C)c1-n1nnnc1S[C@@H](C)c1cccc([N+](=O)[O-])c1. The predicted molar refractivity (Wildman–Crippen MR) is 96.0 cm³/mol. The third-order valence-electron chi connectivity index (χ3n) is 3.92. The number of nitro benzene ring substituents is 1. The summed E-state index contributed by atoms with van der Waals surface area (Å²) >= 11 is 1.47. The van der Waals surface area contributed by atoms with E-state index in [1.54, 1.807) is 16.8 Å². The lowest BCUT2D eigenvalue weighted by Gasteiger charge is -2.13. The smallest absolute Gasteiger partial charge is 0.258 e. The number of rotatable bonds is 5. The normalized spacial score (nSPS) is 12.1. The van der Waals surface area contributed by atoms with Crippen LogP contribution in [-0.2, 0) is 0 Å². The van der Waals surface area contributed by atoms with Gasteiger partial charge >= 0.3 is 0 Å². The van der Waals surface area contributed by atoms with E-state index in [1.807, 2.05) is 45.0 Å². The monoisotopic (exact) mass is 355 g/mol. The van der Waals surface area contributed by atoms with Crippen LogP contribution >= 0.6 is 11.8 Å². The fourth-order valence-corrected chi connectivity index (χ4v) is 3.56. The van der Waals surface area contributed by atoms with Crippen LogP contribution < -0.4 is 0 Å². The highest BCUT2D eigenvalue weighted by Gasteiger charge is 2.18. The largest absolute Gasteiger partial charge is 0.269 e. The lowest BCUT2D eigenvalue weighted by atomic mass is 10.1. The van der Waals surface area contributed by atoms with E-state index in [0.29, 0.717) is 5.16 Å². The molecule has 128 valence electrons. The lowest BCUT2D eigenvalue weighted by Crippen LogP contribution is -2.04. The van der Waals surface area contributed by atoms with Crippen LogP contribution in [0, 0.1) is 24.0 Å². The molecule has 0 radical (unpaired) electrons. The molecule has 0 bridgehead atoms. The molecule has 0 spiro atoms. The molecule has 0 aliphatic carbocycles. The molecule has 3 rings (SSSR count). The van der Waals surface area contributed by atoms with Crippen molar-refractivity contribution < 1.29 is 4.92 Å². The average molecular weight is 355 g/mol. The summed E-state index contributed by atoms with van der Waals surface area (Å²) in [5.74, 6) is 0. The second kappa shape index (κ2) is 7.02. The fraction of sp³-hybridized carbons (Fsp3) is 0.235. The second-order valence-electron chi connectivity index (χ2n) is 5.73. The van der Waals surface area contributed by atoms with E-state index in [0.717, 1.165) is 22.4 Å². The van der Waals surface area contributed by atoms with Gasteiger partial charge in [0.1, 0.15) is 0 Å². The zero-order chi connectivity index (χ0) is 18.0. The van der Waals surface area contributed by atoms with Crippen LogP contribution in [0.15, 0.2) is 47.6 Å². The number of tetrazole rings is 1. The van der Waals surface area contributed by atoms with Crippen molar-refractivity contribution in [3.05, 3.63) is 69.3 Å². The number of aryl methyl sites for hydroxylation is 2. The van der Waals surface area contributed by atoms with Crippen LogP contribution in [0.4, 0.5) is 5.69 Å². The van der Waals surface area contributed by atoms with E-state index in [1.165, 1.54) is 17.8 Å². The molecule has 1 aromatic heterocycles. The molecule has 7 nitrogen and oxygen atoms in total. The van der Waals surface area contributed by atoms with Crippen molar-refractivity contribution >= 4 is 17.4 Å². The molecule has 1 atom stereocenters. The van der Waals surface area contributed by atoms with Gasteiger partial charge in [-0.25, -0.2) is 0 Å². The number of aromatic nitrogens is 4. The van der Waals surface area contributed by atoms with Crippen LogP contribution in [0.25, 0.3) is 5.69 Å². The minimum Gasteiger partial charge on any atom is -0.258 e. The topological polar surface area (TPSA) is 86.7 Å². The molecule has 0 N–H and O–H groups in total. The van der Waals surface area contributed by atoms with Gasteiger partial charge in [0.25, 0.3) is 5.69 Å². The summed E-state index contributed by atoms with van der Waals surface area (Å²) in [6, 6.07) is 12.7. The van der Waals surface area contributed by atoms with Crippen LogP contribution in [-0.4, -0.2) is 25.1 Å². The van der Waals surface area contributed by atoms with Crippen LogP contribution in [0.5, 0.6) is 0 Å². The van der Waals surface area contributed by atoms with Crippen molar-refractivity contribution in [2.75, 3.05) is 0 Å². The van der Waals surface area contributed by atoms with Crippen molar-refractivity contribution in [2.24, 2.45) is 0 Å². The quantitative estimate of drug-likeness (QED) is 0.390. The van der Waals surface area contributed by atoms with Crippen LogP contribution in [0.2, 0.25) is 0 Å². The summed E-state index contributed by atoms with van der Waals surface area (Å²) in [6.07, 6.45) is 0. The number of nitrogens with zero attached hydrogens (tertiary/aromatic N) is 5. The zero-order valence-electron chi connectivity index (χ0n) is 14.1. The van der Waals surface area contributed by atoms with Gasteiger partial charge in [0.2, 0.25) is 5.16 Å². The van der Waals surface area contributed by atoms with E-state index < -0.39 is 0 Å². The summed E-state index contributed by atoms with van der Waals surface area (Å²) in [5.41, 5.74) is 4.06. The molecule has 0 saturated carbocycles. The molecule has 0 aliphatic rings. The standard InChI is InChI=1S/C17H17N5O2S/c1-11-6-4-7-12(2)16(11)21-17(18-19-20-21)25-13(3)14-8-5-9-15(10-14)22(23)24/h4-10,13H,1-3H3/t13-/m0/s1. The maximum Gasteiger partial charge on any atom is 0.269 e. The number of hydrogen-bond donors (Lipinski definition) is 0. The molecule has 8 heteroatoms. The summed E-state index contributed by atoms with van der Waals surface area (Å²) in [5, 5.41) is 23.6. The van der Waals surface area contributed by atoms with Gasteiger partial charge in [0.05, 0.1) is 10.6 Å². The maximum atomic E-state index is 11.0. The first-order chi connectivity index (χ1) is 12.0. The van der Waals surface area contributed by atoms with E-state index in [9.17, 15) is 10.1 Å². The van der Waals surface area contributed by atoms with Crippen molar-refractivity contribution in [3.8, 4) is 5.69 Å². The van der Waals surface area contributed by atoms with Gasteiger partial charge in [0.15, 0.2) is 0 Å². The molecule has 0 unspecified atom stereocenters. The Balaban J connectivity index is 1.91. The Bertz CT molecular complexity index is 905. The highest BCUT2D eigenvalue weighted by atomic mass is 32.2. The Hall–Kier alpha value is -2.74. The summed E-state index contributed by atoms with van der Waals surface area (Å²) < 4.78 is 1.73. The molecular weight excluding hydrogens is 338 g/mol. The number of nitro groups is 1. The van der Waals surface area contributed by atoms with E-state index in [-0.39, 0.29) is 15.9 Å². The highest BCUT2D eigenvalue weighted by Crippen LogP contribution is 2.35. The summed E-state index contributed by atoms with van der Waals surface area (Å²) in [6.45, 7) is 6.01. The number of thioether (sulfide) groups is 1. The Morgan fingerprint density at radius 2 is 1.84 bits per heavy atom. The molecule has 3 aromatic rings. The summed E-state index contributed by atoms with van der Waals surface area (Å²) in [7, 11) is 0. The number of benzene rings is 2. The zero-order valence-corrected chi connectivity index (χ0v) is 14.9. The minimum atomic E-state index is -0.387. The highest BCUT2D eigenvalue weighted by molar-refractivity contribution is 7.99. The molecule has 25 heavy (non-hydrogen) atoms. The van der Waals surface area contributed by atoms with Gasteiger partial charge in [-0.05, 0) is 47.9 Å². The van der Waals surface area contributed by atoms with Crippen molar-refractivity contribution in [1.82, 2.24) is 20.2 Å². The second-order valence-corrected chi connectivity index (χ2v) is 7.03. The first-order valence-electron chi connectivity index (χ1n) is 7.73. The number of hydrogen-bond acceptors (Lipinski definition) is 6. The molecule has 1 heterocycles. The van der Waals surface area contributed by atoms with Gasteiger partial charge < -0.3 is 0 Å². The van der Waals surface area contributed by atoms with Gasteiger partial charge in [-0.15, -0.1) is 5.10 Å². The van der Waals surface area contributed by atoms with Gasteiger partial charge in [0, 0.05) is 17.4 Å². The molecule has 0 amide bonds. The molecule has 2 aromatic carbocycles. The van der Waals surface area contributed by atoms with E-state index in [2.05, 4.69) is 15.5 Å².